The summed E-state index contributed by atoms with van der Waals surface area (Å²) in [4.78, 5) is 5.61. The van der Waals surface area contributed by atoms with Gasteiger partial charge in [-0.3, -0.25) is 4.90 Å². The Kier molecular flexibility index (Phi) is 6.34. The van der Waals surface area contributed by atoms with E-state index >= 15 is 0 Å². The number of likely N-dealkylation sites (tertiary alicyclic amines) is 2. The quantitative estimate of drug-likeness (QED) is 0.656. The van der Waals surface area contributed by atoms with E-state index in [2.05, 4.69) is 58.3 Å². The van der Waals surface area contributed by atoms with Gasteiger partial charge in [-0.1, -0.05) is 42.8 Å². The minimum Gasteiger partial charge on any atom is -0.497 e. The lowest BCUT2D eigenvalue weighted by Gasteiger charge is -2.50. The first kappa shape index (κ1) is 21.0. The van der Waals surface area contributed by atoms with Crippen molar-refractivity contribution in [2.45, 2.75) is 62.8 Å². The summed E-state index contributed by atoms with van der Waals surface area (Å²) in [6.45, 7) is 6.26. The minimum absolute atomic E-state index is 0.391. The van der Waals surface area contributed by atoms with Gasteiger partial charge in [-0.25, -0.2) is 0 Å². The van der Waals surface area contributed by atoms with Crippen LogP contribution in [0.5, 0.6) is 5.75 Å². The maximum Gasteiger partial charge on any atom is 0.119 e. The third kappa shape index (κ3) is 4.54. The Labute approximate surface area is 188 Å². The van der Waals surface area contributed by atoms with E-state index in [-0.39, 0.29) is 0 Å². The van der Waals surface area contributed by atoms with E-state index in [0.29, 0.717) is 5.54 Å². The van der Waals surface area contributed by atoms with E-state index in [1.165, 1.54) is 95.2 Å². The third-order valence-electron chi connectivity index (χ3n) is 8.33. The van der Waals surface area contributed by atoms with Gasteiger partial charge in [0.25, 0.3) is 0 Å². The number of aryl methyl sites for hydroxylation is 1. The molecule has 0 bridgehead atoms. The second-order valence-corrected chi connectivity index (χ2v) is 10.0. The molecule has 0 amide bonds. The van der Waals surface area contributed by atoms with E-state index in [9.17, 15) is 0 Å². The highest BCUT2D eigenvalue weighted by Crippen LogP contribution is 2.40. The molecule has 1 atom stereocenters. The largest absolute Gasteiger partial charge is 0.497 e. The number of methoxy groups -OCH3 is 1. The fourth-order valence-electron chi connectivity index (χ4n) is 6.41. The molecule has 3 aliphatic rings. The summed E-state index contributed by atoms with van der Waals surface area (Å²) >= 11 is 0. The Bertz CT molecular complexity index is 859. The Hall–Kier alpha value is -1.84. The number of piperidine rings is 2. The van der Waals surface area contributed by atoms with Gasteiger partial charge < -0.3 is 9.64 Å². The van der Waals surface area contributed by atoms with E-state index in [4.69, 9.17) is 4.74 Å². The van der Waals surface area contributed by atoms with Crippen LogP contribution in [0.15, 0.2) is 48.5 Å². The lowest BCUT2D eigenvalue weighted by Crippen LogP contribution is -2.56. The van der Waals surface area contributed by atoms with Crippen LogP contribution in [0.4, 0.5) is 0 Å². The first-order valence-corrected chi connectivity index (χ1v) is 12.4. The van der Waals surface area contributed by atoms with Gasteiger partial charge >= 0.3 is 0 Å². The van der Waals surface area contributed by atoms with E-state index in [0.717, 1.165) is 11.7 Å². The fourth-order valence-corrected chi connectivity index (χ4v) is 6.41. The predicted octanol–water partition coefficient (Wildman–Crippen LogP) is 5.29. The molecule has 0 saturated carbocycles. The number of benzene rings is 2. The van der Waals surface area contributed by atoms with Crippen LogP contribution in [0, 0.1) is 0 Å². The molecule has 0 radical (unpaired) electrons. The zero-order valence-corrected chi connectivity index (χ0v) is 19.2. The van der Waals surface area contributed by atoms with Crippen LogP contribution in [0.1, 0.15) is 61.1 Å². The van der Waals surface area contributed by atoms with Crippen molar-refractivity contribution in [3.8, 4) is 5.75 Å². The summed E-state index contributed by atoms with van der Waals surface area (Å²) in [6.07, 6.45) is 10.5. The predicted molar refractivity (Wildman–Crippen MR) is 128 cm³/mol. The molecule has 1 spiro atoms. The van der Waals surface area contributed by atoms with Gasteiger partial charge in [0.1, 0.15) is 5.75 Å². The molecule has 31 heavy (non-hydrogen) atoms. The van der Waals surface area contributed by atoms with Gasteiger partial charge in [-0.15, -0.1) is 0 Å². The first-order valence-electron chi connectivity index (χ1n) is 12.4. The highest BCUT2D eigenvalue weighted by atomic mass is 16.5. The molecule has 0 N–H and O–H groups in total. The zero-order chi connectivity index (χ0) is 21.1. The van der Waals surface area contributed by atoms with Gasteiger partial charge in [0.15, 0.2) is 0 Å². The molecular weight excluding hydrogens is 380 g/mol. The average Bonchev–Trinajstić information content (AvgIpc) is 2.84. The molecular formula is C28H38N2O. The maximum atomic E-state index is 5.46. The molecule has 3 heteroatoms. The lowest BCUT2D eigenvalue weighted by atomic mass is 9.72. The summed E-state index contributed by atoms with van der Waals surface area (Å²) in [5.41, 5.74) is 5.00. The van der Waals surface area contributed by atoms with Gasteiger partial charge in [-0.2, -0.15) is 0 Å². The molecule has 2 heterocycles. The van der Waals surface area contributed by atoms with Crippen molar-refractivity contribution in [3.05, 3.63) is 65.2 Å². The summed E-state index contributed by atoms with van der Waals surface area (Å²) in [5.74, 6) is 1.76. The molecule has 2 aromatic carbocycles. The maximum absolute atomic E-state index is 5.46. The molecule has 1 unspecified atom stereocenters. The second-order valence-electron chi connectivity index (χ2n) is 10.0. The number of nitrogens with zero attached hydrogens (tertiary/aromatic N) is 2. The summed E-state index contributed by atoms with van der Waals surface area (Å²) in [6, 6.07) is 17.9. The minimum atomic E-state index is 0.391. The van der Waals surface area contributed by atoms with E-state index in [1.807, 2.05) is 0 Å². The molecule has 2 aliphatic heterocycles. The molecule has 2 aromatic rings. The van der Waals surface area contributed by atoms with Crippen LogP contribution in [-0.4, -0.2) is 55.2 Å². The second kappa shape index (κ2) is 9.34. The molecule has 2 fully saturated rings. The number of fused-ring (bicyclic) bond motifs is 1. The number of hydrogen-bond donors (Lipinski definition) is 0. The normalized spacial score (nSPS) is 25.5. The number of ether oxygens (including phenoxy) is 1. The SMILES string of the molecule is COc1ccc2c(c1)CCC1(CCCCN1CCN1CCC(c3ccccc3)CC1)C2. The van der Waals surface area contributed by atoms with Crippen molar-refractivity contribution in [1.82, 2.24) is 9.80 Å². The highest BCUT2D eigenvalue weighted by Gasteiger charge is 2.41. The molecule has 5 rings (SSSR count). The lowest BCUT2D eigenvalue weighted by molar-refractivity contribution is 0.0236. The van der Waals surface area contributed by atoms with Crippen molar-refractivity contribution in [2.24, 2.45) is 0 Å². The van der Waals surface area contributed by atoms with Gasteiger partial charge in [0.2, 0.25) is 0 Å². The Morgan fingerprint density at radius 1 is 0.903 bits per heavy atom. The Balaban J connectivity index is 1.19. The summed E-state index contributed by atoms with van der Waals surface area (Å²) < 4.78 is 5.46. The average molecular weight is 419 g/mol. The Morgan fingerprint density at radius 3 is 2.55 bits per heavy atom. The van der Waals surface area contributed by atoms with Crippen molar-refractivity contribution in [1.29, 1.82) is 0 Å². The van der Waals surface area contributed by atoms with Crippen LogP contribution >= 0.6 is 0 Å². The van der Waals surface area contributed by atoms with Crippen LogP contribution in [0.25, 0.3) is 0 Å². The van der Waals surface area contributed by atoms with Crippen LogP contribution in [0.3, 0.4) is 0 Å². The zero-order valence-electron chi connectivity index (χ0n) is 19.2. The number of rotatable bonds is 5. The highest BCUT2D eigenvalue weighted by molar-refractivity contribution is 5.39. The van der Waals surface area contributed by atoms with Crippen LogP contribution < -0.4 is 4.74 Å². The van der Waals surface area contributed by atoms with Crippen molar-refractivity contribution in [3.63, 3.8) is 0 Å². The topological polar surface area (TPSA) is 15.7 Å². The third-order valence-corrected chi connectivity index (χ3v) is 8.33. The van der Waals surface area contributed by atoms with Crippen molar-refractivity contribution in [2.75, 3.05) is 39.8 Å². The molecule has 166 valence electrons. The molecule has 2 saturated heterocycles. The number of hydrogen-bond acceptors (Lipinski definition) is 3. The molecule has 3 nitrogen and oxygen atoms in total. The standard InChI is InChI=1S/C28H38N2O/c1-31-27-10-9-26-22-28(15-11-25(26)21-27)14-5-6-16-30(28)20-19-29-17-12-24(13-18-29)23-7-3-2-4-8-23/h2-4,7-10,21,24H,5-6,11-20,22H2,1H3. The first-order chi connectivity index (χ1) is 15.3. The van der Waals surface area contributed by atoms with Crippen molar-refractivity contribution >= 4 is 0 Å². The Morgan fingerprint density at radius 2 is 1.74 bits per heavy atom. The monoisotopic (exact) mass is 418 g/mol. The molecule has 1 aliphatic carbocycles. The van der Waals surface area contributed by atoms with E-state index in [1.54, 1.807) is 12.7 Å². The van der Waals surface area contributed by atoms with Crippen molar-refractivity contribution < 1.29 is 4.74 Å². The summed E-state index contributed by atoms with van der Waals surface area (Å²) in [5, 5.41) is 0. The van der Waals surface area contributed by atoms with Crippen LogP contribution in [-0.2, 0) is 12.8 Å². The van der Waals surface area contributed by atoms with Gasteiger partial charge in [0.05, 0.1) is 7.11 Å². The van der Waals surface area contributed by atoms with Gasteiger partial charge in [0, 0.05) is 18.6 Å². The van der Waals surface area contributed by atoms with E-state index < -0.39 is 0 Å². The smallest absolute Gasteiger partial charge is 0.119 e. The van der Waals surface area contributed by atoms with Crippen LogP contribution in [0.2, 0.25) is 0 Å². The molecule has 0 aromatic heterocycles. The summed E-state index contributed by atoms with van der Waals surface area (Å²) in [7, 11) is 1.78. The van der Waals surface area contributed by atoms with Gasteiger partial charge in [-0.05, 0) is 99.3 Å². The fraction of sp³-hybridized carbons (Fsp3) is 0.571.